The number of anilines is 1. The van der Waals surface area contributed by atoms with Crippen LogP contribution in [0.5, 0.6) is 0 Å². The summed E-state index contributed by atoms with van der Waals surface area (Å²) in [4.78, 5) is 11.6. The van der Waals surface area contributed by atoms with Crippen molar-refractivity contribution in [3.63, 3.8) is 0 Å². The van der Waals surface area contributed by atoms with Crippen LogP contribution in [0.25, 0.3) is 0 Å². The van der Waals surface area contributed by atoms with E-state index in [1.54, 1.807) is 0 Å². The average Bonchev–Trinajstić information content (AvgIpc) is 2.94. The van der Waals surface area contributed by atoms with Crippen LogP contribution in [0.2, 0.25) is 0 Å². The molecule has 1 atom stereocenters. The minimum atomic E-state index is -0.162. The monoisotopic (exact) mass is 264 g/mol. The van der Waals surface area contributed by atoms with Crippen molar-refractivity contribution in [3.05, 3.63) is 29.8 Å². The summed E-state index contributed by atoms with van der Waals surface area (Å²) in [6.07, 6.45) is 1.90. The lowest BCUT2D eigenvalue weighted by molar-refractivity contribution is 0.189. The Hall–Kier alpha value is -1.55. The smallest absolute Gasteiger partial charge is 0.319 e. The summed E-state index contributed by atoms with van der Waals surface area (Å²) in [6, 6.07) is 7.87. The predicted molar refractivity (Wildman–Crippen MR) is 78.5 cm³/mol. The largest absolute Gasteiger partial charge is 0.379 e. The second-order valence-electron chi connectivity index (χ2n) is 4.21. The first kappa shape index (κ1) is 15.5. The highest BCUT2D eigenvalue weighted by Crippen LogP contribution is 2.10. The minimum absolute atomic E-state index is 0.143. The molecular formula is C15H24N2O2. The molecule has 4 nitrogen and oxygen atoms in total. The average molecular weight is 264 g/mol. The molecule has 0 aliphatic carbocycles. The first-order valence-corrected chi connectivity index (χ1v) is 7.02. The molecule has 1 saturated heterocycles. The fourth-order valence-corrected chi connectivity index (χ4v) is 1.82. The molecule has 0 bridgehead atoms. The number of amides is 2. The van der Waals surface area contributed by atoms with Crippen LogP contribution in [0.4, 0.5) is 10.5 Å². The number of carbonyl (C=O) groups is 1. The van der Waals surface area contributed by atoms with Crippen LogP contribution in [-0.2, 0) is 11.2 Å². The summed E-state index contributed by atoms with van der Waals surface area (Å²) < 4.78 is 5.20. The van der Waals surface area contributed by atoms with Crippen molar-refractivity contribution in [2.24, 2.45) is 0 Å². The van der Waals surface area contributed by atoms with Gasteiger partial charge in [-0.05, 0) is 30.5 Å². The second-order valence-corrected chi connectivity index (χ2v) is 4.21. The van der Waals surface area contributed by atoms with Crippen molar-refractivity contribution in [1.29, 1.82) is 0 Å². The highest BCUT2D eigenvalue weighted by molar-refractivity contribution is 5.89. The number of hydrogen-bond donors (Lipinski definition) is 2. The van der Waals surface area contributed by atoms with Crippen LogP contribution in [-0.4, -0.2) is 25.3 Å². The van der Waals surface area contributed by atoms with Crippen LogP contribution in [0.1, 0.15) is 32.8 Å². The van der Waals surface area contributed by atoms with E-state index in [4.69, 9.17) is 4.74 Å². The van der Waals surface area contributed by atoms with E-state index in [0.29, 0.717) is 6.61 Å². The minimum Gasteiger partial charge on any atom is -0.379 e. The number of urea groups is 1. The Kier molecular flexibility index (Phi) is 6.97. The molecule has 0 radical (unpaired) electrons. The van der Waals surface area contributed by atoms with E-state index < -0.39 is 0 Å². The number of nitrogens with one attached hydrogen (secondary N) is 2. The number of ether oxygens (including phenoxy) is 1. The van der Waals surface area contributed by atoms with E-state index in [0.717, 1.165) is 25.1 Å². The molecule has 0 saturated carbocycles. The summed E-state index contributed by atoms with van der Waals surface area (Å²) in [5.41, 5.74) is 2.08. The Labute approximate surface area is 115 Å². The van der Waals surface area contributed by atoms with Crippen LogP contribution in [0, 0.1) is 0 Å². The third kappa shape index (κ3) is 5.30. The van der Waals surface area contributed by atoms with Crippen molar-refractivity contribution in [2.75, 3.05) is 18.5 Å². The number of aryl methyl sites for hydroxylation is 1. The predicted octanol–water partition coefficient (Wildman–Crippen LogP) is 3.19. The molecule has 2 N–H and O–H groups in total. The Morgan fingerprint density at radius 1 is 1.32 bits per heavy atom. The van der Waals surface area contributed by atoms with Crippen LogP contribution in [0.15, 0.2) is 24.3 Å². The van der Waals surface area contributed by atoms with Gasteiger partial charge in [-0.25, -0.2) is 4.79 Å². The Morgan fingerprint density at radius 2 is 2.00 bits per heavy atom. The van der Waals surface area contributed by atoms with Gasteiger partial charge in [-0.1, -0.05) is 32.9 Å². The van der Waals surface area contributed by atoms with Gasteiger partial charge in [0.05, 0.1) is 12.6 Å². The Balaban J connectivity index is 0.000000861. The highest BCUT2D eigenvalue weighted by atomic mass is 16.5. The molecule has 1 unspecified atom stereocenters. The third-order valence-corrected chi connectivity index (χ3v) is 2.88. The summed E-state index contributed by atoms with van der Waals surface area (Å²) in [7, 11) is 0. The van der Waals surface area contributed by atoms with Crippen LogP contribution >= 0.6 is 0 Å². The zero-order chi connectivity index (χ0) is 14.1. The van der Waals surface area contributed by atoms with Gasteiger partial charge in [0.1, 0.15) is 0 Å². The summed E-state index contributed by atoms with van der Waals surface area (Å²) in [6.45, 7) is 7.45. The van der Waals surface area contributed by atoms with Crippen molar-refractivity contribution < 1.29 is 9.53 Å². The molecule has 0 aromatic heterocycles. The van der Waals surface area contributed by atoms with Gasteiger partial charge in [0.15, 0.2) is 0 Å². The SMILES string of the molecule is CC.CCc1ccc(NC(=O)NC2CCOC2)cc1. The molecule has 2 amide bonds. The van der Waals surface area contributed by atoms with E-state index in [9.17, 15) is 4.79 Å². The normalized spacial score (nSPS) is 17.3. The lowest BCUT2D eigenvalue weighted by Gasteiger charge is -2.12. The molecule has 19 heavy (non-hydrogen) atoms. The van der Waals surface area contributed by atoms with E-state index in [1.807, 2.05) is 38.1 Å². The fraction of sp³-hybridized carbons (Fsp3) is 0.533. The molecule has 1 aromatic carbocycles. The number of rotatable bonds is 3. The molecule has 106 valence electrons. The molecule has 1 fully saturated rings. The molecule has 1 aliphatic rings. The van der Waals surface area contributed by atoms with E-state index >= 15 is 0 Å². The molecule has 0 spiro atoms. The number of benzene rings is 1. The maximum Gasteiger partial charge on any atom is 0.319 e. The standard InChI is InChI=1S/C13H18N2O2.C2H6/c1-2-10-3-5-11(6-4-10)14-13(16)15-12-7-8-17-9-12;1-2/h3-6,12H,2,7-9H2,1H3,(H2,14,15,16);1-2H3. The van der Waals surface area contributed by atoms with Gasteiger partial charge >= 0.3 is 6.03 Å². The van der Waals surface area contributed by atoms with E-state index in [1.165, 1.54) is 5.56 Å². The zero-order valence-corrected chi connectivity index (χ0v) is 12.0. The number of hydrogen-bond acceptors (Lipinski definition) is 2. The Morgan fingerprint density at radius 3 is 2.53 bits per heavy atom. The van der Waals surface area contributed by atoms with Gasteiger partial charge in [-0.2, -0.15) is 0 Å². The van der Waals surface area contributed by atoms with Gasteiger partial charge in [0.25, 0.3) is 0 Å². The van der Waals surface area contributed by atoms with Gasteiger partial charge in [-0.3, -0.25) is 0 Å². The van der Waals surface area contributed by atoms with Crippen molar-refractivity contribution in [2.45, 2.75) is 39.7 Å². The van der Waals surface area contributed by atoms with Crippen LogP contribution in [0.3, 0.4) is 0 Å². The third-order valence-electron chi connectivity index (χ3n) is 2.88. The van der Waals surface area contributed by atoms with Crippen LogP contribution < -0.4 is 10.6 Å². The lowest BCUT2D eigenvalue weighted by atomic mass is 10.1. The van der Waals surface area contributed by atoms with Crippen molar-refractivity contribution >= 4 is 11.7 Å². The van der Waals surface area contributed by atoms with E-state index in [-0.39, 0.29) is 12.1 Å². The summed E-state index contributed by atoms with van der Waals surface area (Å²) >= 11 is 0. The molecule has 1 heterocycles. The summed E-state index contributed by atoms with van der Waals surface area (Å²) in [5, 5.41) is 5.70. The van der Waals surface area contributed by atoms with Gasteiger partial charge in [-0.15, -0.1) is 0 Å². The zero-order valence-electron chi connectivity index (χ0n) is 12.0. The lowest BCUT2D eigenvalue weighted by Crippen LogP contribution is -2.38. The Bertz CT molecular complexity index is 370. The quantitative estimate of drug-likeness (QED) is 0.881. The van der Waals surface area contributed by atoms with Gasteiger partial charge in [0, 0.05) is 12.3 Å². The second kappa shape index (κ2) is 8.53. The maximum atomic E-state index is 11.6. The van der Waals surface area contributed by atoms with Gasteiger partial charge in [0.2, 0.25) is 0 Å². The highest BCUT2D eigenvalue weighted by Gasteiger charge is 2.17. The molecule has 1 aromatic rings. The topological polar surface area (TPSA) is 50.4 Å². The molecule has 2 rings (SSSR count). The number of carbonyl (C=O) groups excluding carboxylic acids is 1. The van der Waals surface area contributed by atoms with Crippen molar-refractivity contribution in [1.82, 2.24) is 5.32 Å². The van der Waals surface area contributed by atoms with Crippen molar-refractivity contribution in [3.8, 4) is 0 Å². The van der Waals surface area contributed by atoms with Gasteiger partial charge < -0.3 is 15.4 Å². The maximum absolute atomic E-state index is 11.6. The molecular weight excluding hydrogens is 240 g/mol. The fourth-order valence-electron chi connectivity index (χ4n) is 1.82. The first-order valence-electron chi connectivity index (χ1n) is 7.02. The first-order chi connectivity index (χ1) is 9.28. The molecule has 4 heteroatoms. The summed E-state index contributed by atoms with van der Waals surface area (Å²) in [5.74, 6) is 0. The van der Waals surface area contributed by atoms with E-state index in [2.05, 4.69) is 17.6 Å². The molecule has 1 aliphatic heterocycles.